The van der Waals surface area contributed by atoms with E-state index in [0.29, 0.717) is 11.7 Å². The molecule has 1 rings (SSSR count). The Kier molecular flexibility index (Phi) is 5.62. The molecular formula is C13H19O4S-. The summed E-state index contributed by atoms with van der Waals surface area (Å²) in [7, 11) is -4.13. The van der Waals surface area contributed by atoms with Crippen molar-refractivity contribution in [2.24, 2.45) is 0 Å². The predicted molar refractivity (Wildman–Crippen MR) is 69.8 cm³/mol. The lowest BCUT2D eigenvalue weighted by Crippen LogP contribution is -2.08. The summed E-state index contributed by atoms with van der Waals surface area (Å²) in [6, 6.07) is 7.75. The highest BCUT2D eigenvalue weighted by Crippen LogP contribution is 2.21. The van der Waals surface area contributed by atoms with E-state index in [1.807, 2.05) is 24.3 Å². The van der Waals surface area contributed by atoms with Crippen molar-refractivity contribution in [1.82, 2.24) is 0 Å². The van der Waals surface area contributed by atoms with Crippen LogP contribution in [-0.4, -0.2) is 25.3 Å². The average molecular weight is 271 g/mol. The molecule has 1 unspecified atom stereocenters. The van der Waals surface area contributed by atoms with E-state index in [1.54, 1.807) is 0 Å². The van der Waals surface area contributed by atoms with Gasteiger partial charge in [-0.1, -0.05) is 26.0 Å². The van der Waals surface area contributed by atoms with E-state index in [-0.39, 0.29) is 18.8 Å². The lowest BCUT2D eigenvalue weighted by molar-refractivity contribution is 0.315. The zero-order valence-corrected chi connectivity index (χ0v) is 11.6. The van der Waals surface area contributed by atoms with Crippen molar-refractivity contribution in [3.63, 3.8) is 0 Å². The van der Waals surface area contributed by atoms with Gasteiger partial charge in [0, 0.05) is 5.75 Å². The number of rotatable bonds is 7. The molecule has 0 radical (unpaired) electrons. The first kappa shape index (κ1) is 15.0. The minimum Gasteiger partial charge on any atom is -0.748 e. The molecule has 0 spiro atoms. The van der Waals surface area contributed by atoms with Gasteiger partial charge in [-0.15, -0.1) is 0 Å². The molecule has 0 saturated heterocycles. The topological polar surface area (TPSA) is 66.4 Å². The van der Waals surface area contributed by atoms with E-state index >= 15 is 0 Å². The molecule has 4 nitrogen and oxygen atoms in total. The standard InChI is InChI=1S/C13H20O4S/c1-3-11(2)12-5-7-13(8-6-12)17-9-4-10-18(14,15)16/h5-8,11H,3-4,9-10H2,1-2H3,(H,14,15,16)/p-1. The first-order valence-electron chi connectivity index (χ1n) is 6.08. The van der Waals surface area contributed by atoms with Gasteiger partial charge in [-0.3, -0.25) is 0 Å². The SMILES string of the molecule is CCC(C)c1ccc(OCCCS(=O)(=O)[O-])cc1. The van der Waals surface area contributed by atoms with E-state index < -0.39 is 10.1 Å². The third kappa shape index (κ3) is 5.51. The Hall–Kier alpha value is -1.07. The molecule has 1 atom stereocenters. The van der Waals surface area contributed by atoms with Gasteiger partial charge >= 0.3 is 0 Å². The summed E-state index contributed by atoms with van der Waals surface area (Å²) < 4.78 is 36.5. The van der Waals surface area contributed by atoms with Crippen molar-refractivity contribution < 1.29 is 17.7 Å². The second-order valence-corrected chi connectivity index (χ2v) is 5.87. The normalized spacial score (nSPS) is 13.3. The van der Waals surface area contributed by atoms with Gasteiger partial charge in [-0.05, 0) is 36.5 Å². The van der Waals surface area contributed by atoms with Crippen molar-refractivity contribution in [2.75, 3.05) is 12.4 Å². The van der Waals surface area contributed by atoms with Gasteiger partial charge in [0.25, 0.3) is 0 Å². The highest BCUT2D eigenvalue weighted by atomic mass is 32.2. The molecule has 0 bridgehead atoms. The van der Waals surface area contributed by atoms with Crippen LogP contribution in [0.4, 0.5) is 0 Å². The maximum Gasteiger partial charge on any atom is 0.119 e. The fourth-order valence-corrected chi connectivity index (χ4v) is 2.03. The largest absolute Gasteiger partial charge is 0.748 e. The van der Waals surface area contributed by atoms with Crippen LogP contribution in [0, 0.1) is 0 Å². The molecule has 1 aromatic carbocycles. The molecule has 18 heavy (non-hydrogen) atoms. The molecule has 102 valence electrons. The van der Waals surface area contributed by atoms with Crippen LogP contribution in [0.25, 0.3) is 0 Å². The minimum atomic E-state index is -4.13. The Labute approximate surface area is 109 Å². The van der Waals surface area contributed by atoms with Gasteiger partial charge < -0.3 is 9.29 Å². The smallest absolute Gasteiger partial charge is 0.119 e. The van der Waals surface area contributed by atoms with Crippen LogP contribution in [0.3, 0.4) is 0 Å². The Bertz CT molecular complexity index is 450. The van der Waals surface area contributed by atoms with Gasteiger partial charge in [-0.2, -0.15) is 0 Å². The quantitative estimate of drug-likeness (QED) is 0.564. The number of ether oxygens (including phenoxy) is 1. The minimum absolute atomic E-state index is 0.221. The number of hydrogen-bond donors (Lipinski definition) is 0. The van der Waals surface area contributed by atoms with Gasteiger partial charge in [0.15, 0.2) is 0 Å². The number of benzene rings is 1. The third-order valence-corrected chi connectivity index (χ3v) is 3.66. The Morgan fingerprint density at radius 3 is 2.39 bits per heavy atom. The fourth-order valence-electron chi connectivity index (χ4n) is 1.55. The summed E-state index contributed by atoms with van der Waals surface area (Å²) in [6.07, 6.45) is 1.31. The molecule has 0 N–H and O–H groups in total. The van der Waals surface area contributed by atoms with Crippen LogP contribution in [-0.2, 0) is 10.1 Å². The van der Waals surface area contributed by atoms with E-state index in [4.69, 9.17) is 4.74 Å². The lowest BCUT2D eigenvalue weighted by Gasteiger charge is -2.11. The molecule has 0 fully saturated rings. The predicted octanol–water partition coefficient (Wildman–Crippen LogP) is 2.51. The average Bonchev–Trinajstić information content (AvgIpc) is 2.33. The maximum atomic E-state index is 10.4. The summed E-state index contributed by atoms with van der Waals surface area (Å²) in [5.41, 5.74) is 1.26. The monoisotopic (exact) mass is 271 g/mol. The second kappa shape index (κ2) is 6.75. The molecule has 0 aliphatic rings. The molecule has 1 aromatic rings. The third-order valence-electron chi connectivity index (χ3n) is 2.87. The van der Waals surface area contributed by atoms with Crippen LogP contribution in [0.2, 0.25) is 0 Å². The molecule has 0 aromatic heterocycles. The highest BCUT2D eigenvalue weighted by Gasteiger charge is 2.03. The molecular weight excluding hydrogens is 252 g/mol. The summed E-state index contributed by atoms with van der Waals surface area (Å²) in [5, 5.41) is 0. The van der Waals surface area contributed by atoms with Crippen molar-refractivity contribution in [2.45, 2.75) is 32.6 Å². The van der Waals surface area contributed by atoms with Crippen molar-refractivity contribution in [3.8, 4) is 5.75 Å². The van der Waals surface area contributed by atoms with Crippen molar-refractivity contribution >= 4 is 10.1 Å². The second-order valence-electron chi connectivity index (χ2n) is 4.34. The van der Waals surface area contributed by atoms with Gasteiger partial charge in [-0.25, -0.2) is 8.42 Å². The van der Waals surface area contributed by atoms with E-state index in [9.17, 15) is 13.0 Å². The van der Waals surface area contributed by atoms with Gasteiger partial charge in [0.1, 0.15) is 5.75 Å². The van der Waals surface area contributed by atoms with Crippen LogP contribution in [0.5, 0.6) is 5.75 Å². The summed E-state index contributed by atoms with van der Waals surface area (Å²) >= 11 is 0. The first-order chi connectivity index (χ1) is 8.42. The van der Waals surface area contributed by atoms with Crippen LogP contribution in [0.1, 0.15) is 38.2 Å². The summed E-state index contributed by atoms with van der Waals surface area (Å²) in [6.45, 7) is 4.54. The highest BCUT2D eigenvalue weighted by molar-refractivity contribution is 7.85. The Balaban J connectivity index is 2.40. The van der Waals surface area contributed by atoms with Crippen molar-refractivity contribution in [3.05, 3.63) is 29.8 Å². The van der Waals surface area contributed by atoms with Crippen LogP contribution >= 0.6 is 0 Å². The fraction of sp³-hybridized carbons (Fsp3) is 0.538. The molecule has 0 aliphatic carbocycles. The van der Waals surface area contributed by atoms with Gasteiger partial charge in [0.2, 0.25) is 0 Å². The molecule has 0 saturated carbocycles. The first-order valence-corrected chi connectivity index (χ1v) is 7.66. The van der Waals surface area contributed by atoms with Crippen molar-refractivity contribution in [1.29, 1.82) is 0 Å². The summed E-state index contributed by atoms with van der Waals surface area (Å²) in [4.78, 5) is 0. The molecule has 5 heteroatoms. The zero-order valence-electron chi connectivity index (χ0n) is 10.8. The Morgan fingerprint density at radius 2 is 1.89 bits per heavy atom. The van der Waals surface area contributed by atoms with E-state index in [1.165, 1.54) is 5.56 Å². The summed E-state index contributed by atoms with van der Waals surface area (Å²) in [5.74, 6) is 0.841. The molecule has 0 heterocycles. The lowest BCUT2D eigenvalue weighted by atomic mass is 9.99. The van der Waals surface area contributed by atoms with Gasteiger partial charge in [0.05, 0.1) is 16.7 Å². The Morgan fingerprint density at radius 1 is 1.28 bits per heavy atom. The number of hydrogen-bond acceptors (Lipinski definition) is 4. The zero-order chi connectivity index (χ0) is 13.6. The molecule has 0 amide bonds. The van der Waals surface area contributed by atoms with E-state index in [0.717, 1.165) is 6.42 Å². The van der Waals surface area contributed by atoms with E-state index in [2.05, 4.69) is 13.8 Å². The van der Waals surface area contributed by atoms with Crippen LogP contribution in [0.15, 0.2) is 24.3 Å². The maximum absolute atomic E-state index is 10.4. The molecule has 0 aliphatic heterocycles. The van der Waals surface area contributed by atoms with Crippen LogP contribution < -0.4 is 4.74 Å².